The molecule has 176 valence electrons. The fourth-order valence-electron chi connectivity index (χ4n) is 4.94. The third kappa shape index (κ3) is 5.95. The number of nitriles is 1. The Labute approximate surface area is 193 Å². The number of piperidine rings is 1. The van der Waals surface area contributed by atoms with Crippen molar-refractivity contribution in [3.05, 3.63) is 51.2 Å². The van der Waals surface area contributed by atoms with Crippen LogP contribution in [0.1, 0.15) is 72.9 Å². The molecule has 8 nitrogen and oxygen atoms in total. The van der Waals surface area contributed by atoms with Crippen molar-refractivity contribution in [3.63, 3.8) is 0 Å². The molecule has 1 aliphatic carbocycles. The lowest BCUT2D eigenvalue weighted by Gasteiger charge is -2.29. The van der Waals surface area contributed by atoms with Crippen molar-refractivity contribution in [1.29, 1.82) is 5.26 Å². The Kier molecular flexibility index (Phi) is 7.68. The zero-order valence-electron chi connectivity index (χ0n) is 18.8. The van der Waals surface area contributed by atoms with E-state index in [4.69, 9.17) is 16.0 Å². The first kappa shape index (κ1) is 23.3. The molecule has 0 radical (unpaired) electrons. The van der Waals surface area contributed by atoms with Gasteiger partial charge in [-0.1, -0.05) is 6.07 Å². The normalized spacial score (nSPS) is 22.5. The third-order valence-corrected chi connectivity index (χ3v) is 6.74. The standard InChI is InChI=1S/C24H32FN7O/c25-18-4-2-16(3-5-18)21-22(17-7-9-28-10-8-17)31-24(32-23(21)33)30-14-19(27)11-15-1-6-20(12-26)29-13-15/h1,6,13,16-19,28H,2-5,7-11,14,27H2,(H2,30,31,32,33). The maximum absolute atomic E-state index is 13.7. The second-order valence-corrected chi connectivity index (χ2v) is 9.20. The molecule has 0 aromatic carbocycles. The molecule has 0 spiro atoms. The summed E-state index contributed by atoms with van der Waals surface area (Å²) in [5.41, 5.74) is 9.11. The lowest BCUT2D eigenvalue weighted by molar-refractivity contribution is 0.234. The number of nitrogens with zero attached hydrogens (tertiary/aromatic N) is 3. The van der Waals surface area contributed by atoms with E-state index >= 15 is 0 Å². The van der Waals surface area contributed by atoms with E-state index in [9.17, 15) is 9.18 Å². The fourth-order valence-corrected chi connectivity index (χ4v) is 4.94. The van der Waals surface area contributed by atoms with Gasteiger partial charge < -0.3 is 16.4 Å². The number of H-pyrrole nitrogens is 1. The van der Waals surface area contributed by atoms with Crippen molar-refractivity contribution < 1.29 is 4.39 Å². The molecule has 0 bridgehead atoms. The lowest BCUT2D eigenvalue weighted by atomic mass is 9.80. The van der Waals surface area contributed by atoms with Gasteiger partial charge in [0.2, 0.25) is 5.95 Å². The molecule has 0 amide bonds. The molecule has 1 atom stereocenters. The van der Waals surface area contributed by atoms with E-state index in [2.05, 4.69) is 20.6 Å². The van der Waals surface area contributed by atoms with Crippen LogP contribution in [0.2, 0.25) is 0 Å². The summed E-state index contributed by atoms with van der Waals surface area (Å²) in [5.74, 6) is 0.730. The Morgan fingerprint density at radius 2 is 1.94 bits per heavy atom. The summed E-state index contributed by atoms with van der Waals surface area (Å²) in [4.78, 5) is 25.0. The van der Waals surface area contributed by atoms with Crippen LogP contribution in [0, 0.1) is 11.3 Å². The van der Waals surface area contributed by atoms with Gasteiger partial charge in [0.05, 0.1) is 5.69 Å². The van der Waals surface area contributed by atoms with Gasteiger partial charge in [0.25, 0.3) is 5.56 Å². The maximum atomic E-state index is 13.7. The van der Waals surface area contributed by atoms with E-state index in [1.807, 2.05) is 12.1 Å². The van der Waals surface area contributed by atoms with Gasteiger partial charge in [0.1, 0.15) is 17.9 Å². The number of alkyl halides is 1. The number of hydrogen-bond donors (Lipinski definition) is 4. The van der Waals surface area contributed by atoms with Crippen molar-refractivity contribution >= 4 is 5.95 Å². The van der Waals surface area contributed by atoms with Gasteiger partial charge in [-0.25, -0.2) is 14.4 Å². The van der Waals surface area contributed by atoms with Crippen LogP contribution < -0.4 is 21.9 Å². The molecule has 2 fully saturated rings. The molecule has 5 N–H and O–H groups in total. The predicted molar refractivity (Wildman–Crippen MR) is 125 cm³/mol. The highest BCUT2D eigenvalue weighted by Crippen LogP contribution is 2.37. The maximum Gasteiger partial charge on any atom is 0.256 e. The van der Waals surface area contributed by atoms with E-state index in [0.717, 1.165) is 42.8 Å². The Balaban J connectivity index is 1.49. The molecule has 1 aliphatic heterocycles. The van der Waals surface area contributed by atoms with Crippen LogP contribution >= 0.6 is 0 Å². The Bertz CT molecular complexity index is 1020. The van der Waals surface area contributed by atoms with E-state index in [1.165, 1.54) is 0 Å². The minimum Gasteiger partial charge on any atom is -0.354 e. The fraction of sp³-hybridized carbons (Fsp3) is 0.583. The lowest BCUT2D eigenvalue weighted by Crippen LogP contribution is -2.34. The second-order valence-electron chi connectivity index (χ2n) is 9.20. The van der Waals surface area contributed by atoms with Crippen LogP contribution in [-0.4, -0.2) is 46.8 Å². The zero-order valence-corrected chi connectivity index (χ0v) is 18.8. The topological polar surface area (TPSA) is 133 Å². The first-order chi connectivity index (χ1) is 16.0. The predicted octanol–water partition coefficient (Wildman–Crippen LogP) is 2.48. The monoisotopic (exact) mass is 453 g/mol. The van der Waals surface area contributed by atoms with Crippen LogP contribution in [-0.2, 0) is 6.42 Å². The SMILES string of the molecule is N#Cc1ccc(CC(N)CNc2nc(C3CCNCC3)c(C3CCC(F)CC3)c(=O)[nH]2)cn1. The van der Waals surface area contributed by atoms with Crippen molar-refractivity contribution in [3.8, 4) is 6.07 Å². The first-order valence-electron chi connectivity index (χ1n) is 11.9. The quantitative estimate of drug-likeness (QED) is 0.506. The summed E-state index contributed by atoms with van der Waals surface area (Å²) in [6.45, 7) is 2.24. The third-order valence-electron chi connectivity index (χ3n) is 6.74. The summed E-state index contributed by atoms with van der Waals surface area (Å²) < 4.78 is 13.7. The Morgan fingerprint density at radius 1 is 1.18 bits per heavy atom. The highest BCUT2D eigenvalue weighted by Gasteiger charge is 2.30. The van der Waals surface area contributed by atoms with Crippen LogP contribution in [0.5, 0.6) is 0 Å². The Hall–Kier alpha value is -2.83. The molecule has 1 saturated heterocycles. The number of nitrogens with two attached hydrogens (primary N) is 1. The zero-order chi connectivity index (χ0) is 23.2. The molecule has 2 aliphatic rings. The summed E-state index contributed by atoms with van der Waals surface area (Å²) in [7, 11) is 0. The average molecular weight is 454 g/mol. The van der Waals surface area contributed by atoms with E-state index in [1.54, 1.807) is 12.3 Å². The van der Waals surface area contributed by atoms with E-state index < -0.39 is 6.17 Å². The highest BCUT2D eigenvalue weighted by atomic mass is 19.1. The Morgan fingerprint density at radius 3 is 2.61 bits per heavy atom. The van der Waals surface area contributed by atoms with Crippen LogP contribution in [0.25, 0.3) is 0 Å². The molecule has 9 heteroatoms. The van der Waals surface area contributed by atoms with Gasteiger partial charge in [0.15, 0.2) is 0 Å². The molecule has 2 aromatic heterocycles. The number of rotatable bonds is 7. The van der Waals surface area contributed by atoms with Crippen LogP contribution in [0.15, 0.2) is 23.1 Å². The van der Waals surface area contributed by atoms with Crippen molar-refractivity contribution in [2.75, 3.05) is 25.0 Å². The molecule has 3 heterocycles. The summed E-state index contributed by atoms with van der Waals surface area (Å²) in [6.07, 6.45) is 5.77. The largest absolute Gasteiger partial charge is 0.354 e. The summed E-state index contributed by atoms with van der Waals surface area (Å²) in [5, 5.41) is 15.4. The van der Waals surface area contributed by atoms with Crippen molar-refractivity contribution in [1.82, 2.24) is 20.3 Å². The highest BCUT2D eigenvalue weighted by molar-refractivity contribution is 5.35. The summed E-state index contributed by atoms with van der Waals surface area (Å²) in [6, 6.07) is 5.31. The number of anilines is 1. The average Bonchev–Trinajstić information content (AvgIpc) is 2.84. The molecule has 2 aromatic rings. The molecular formula is C24H32FN7O. The minimum absolute atomic E-state index is 0.0679. The minimum atomic E-state index is -0.760. The molecular weight excluding hydrogens is 421 g/mol. The van der Waals surface area contributed by atoms with Gasteiger partial charge in [-0.2, -0.15) is 5.26 Å². The van der Waals surface area contributed by atoms with E-state index in [0.29, 0.717) is 50.3 Å². The molecule has 1 unspecified atom stereocenters. The van der Waals surface area contributed by atoms with Gasteiger partial charge >= 0.3 is 0 Å². The van der Waals surface area contributed by atoms with Gasteiger partial charge in [-0.15, -0.1) is 0 Å². The van der Waals surface area contributed by atoms with Gasteiger partial charge in [0, 0.05) is 30.3 Å². The number of aromatic nitrogens is 3. The molecule has 1 saturated carbocycles. The van der Waals surface area contributed by atoms with Crippen LogP contribution in [0.4, 0.5) is 10.3 Å². The van der Waals surface area contributed by atoms with Crippen molar-refractivity contribution in [2.24, 2.45) is 5.73 Å². The number of nitrogens with one attached hydrogen (secondary N) is 3. The molecule has 4 rings (SSSR count). The smallest absolute Gasteiger partial charge is 0.256 e. The van der Waals surface area contributed by atoms with Gasteiger partial charge in [-0.05, 0) is 75.6 Å². The van der Waals surface area contributed by atoms with E-state index in [-0.39, 0.29) is 23.4 Å². The number of hydrogen-bond acceptors (Lipinski definition) is 7. The molecule has 33 heavy (non-hydrogen) atoms. The second kappa shape index (κ2) is 10.9. The number of halogens is 1. The number of pyridine rings is 1. The van der Waals surface area contributed by atoms with Crippen molar-refractivity contribution in [2.45, 2.75) is 69.0 Å². The van der Waals surface area contributed by atoms with Crippen LogP contribution in [0.3, 0.4) is 0 Å². The first-order valence-corrected chi connectivity index (χ1v) is 11.9. The summed E-state index contributed by atoms with van der Waals surface area (Å²) >= 11 is 0. The van der Waals surface area contributed by atoms with Gasteiger partial charge in [-0.3, -0.25) is 9.78 Å². The number of aromatic amines is 1.